The third-order valence-electron chi connectivity index (χ3n) is 4.21. The molecule has 3 aromatic rings. The number of hydrogen-bond acceptors (Lipinski definition) is 6. The van der Waals surface area contributed by atoms with Crippen LogP contribution >= 0.6 is 0 Å². The number of hydrogen-bond donors (Lipinski definition) is 0. The van der Waals surface area contributed by atoms with E-state index in [9.17, 15) is 14.9 Å². The molecule has 6 heteroatoms. The molecule has 0 saturated heterocycles. The molecule has 0 aliphatic carbocycles. The Morgan fingerprint density at radius 2 is 1.83 bits per heavy atom. The predicted octanol–water partition coefficient (Wildman–Crippen LogP) is 4.53. The molecule has 2 aromatic carbocycles. The van der Waals surface area contributed by atoms with Crippen LogP contribution in [0.5, 0.6) is 5.75 Å². The molecule has 1 heterocycles. The van der Waals surface area contributed by atoms with E-state index in [0.717, 1.165) is 0 Å². The summed E-state index contributed by atoms with van der Waals surface area (Å²) in [5, 5.41) is 9.44. The summed E-state index contributed by atoms with van der Waals surface area (Å²) in [4.78, 5) is 24.6. The zero-order valence-electron chi connectivity index (χ0n) is 15.8. The highest BCUT2D eigenvalue weighted by molar-refractivity contribution is 6.14. The van der Waals surface area contributed by atoms with Gasteiger partial charge in [0.25, 0.3) is 0 Å². The van der Waals surface area contributed by atoms with Crippen LogP contribution in [0.3, 0.4) is 0 Å². The molecular weight excluding hydrogens is 370 g/mol. The first-order chi connectivity index (χ1) is 14.1. The number of allylic oxidation sites excluding steroid dienone is 1. The number of carbonyl (C=O) groups excluding carboxylic acids is 2. The van der Waals surface area contributed by atoms with Crippen molar-refractivity contribution in [3.05, 3.63) is 83.1 Å². The van der Waals surface area contributed by atoms with Gasteiger partial charge in [-0.25, -0.2) is 4.79 Å². The van der Waals surface area contributed by atoms with Crippen LogP contribution in [0.25, 0.3) is 17.4 Å². The third kappa shape index (κ3) is 4.25. The van der Waals surface area contributed by atoms with Crippen molar-refractivity contribution in [1.29, 1.82) is 5.26 Å². The van der Waals surface area contributed by atoms with Gasteiger partial charge in [0.2, 0.25) is 5.78 Å². The lowest BCUT2D eigenvalue weighted by Crippen LogP contribution is -2.02. The summed E-state index contributed by atoms with van der Waals surface area (Å²) in [6.07, 6.45) is 1.37. The molecule has 144 valence electrons. The van der Waals surface area contributed by atoms with E-state index < -0.39 is 11.8 Å². The summed E-state index contributed by atoms with van der Waals surface area (Å²) in [6.45, 7) is 0. The van der Waals surface area contributed by atoms with E-state index in [-0.39, 0.29) is 5.57 Å². The van der Waals surface area contributed by atoms with E-state index in [0.29, 0.717) is 34.0 Å². The van der Waals surface area contributed by atoms with Gasteiger partial charge < -0.3 is 13.9 Å². The van der Waals surface area contributed by atoms with Crippen LogP contribution in [0.2, 0.25) is 0 Å². The maximum Gasteiger partial charge on any atom is 0.338 e. The van der Waals surface area contributed by atoms with E-state index >= 15 is 0 Å². The van der Waals surface area contributed by atoms with Crippen LogP contribution in [-0.4, -0.2) is 26.0 Å². The summed E-state index contributed by atoms with van der Waals surface area (Å²) in [5.41, 5.74) is 1.16. The highest BCUT2D eigenvalue weighted by Gasteiger charge is 2.17. The summed E-state index contributed by atoms with van der Waals surface area (Å²) >= 11 is 0. The predicted molar refractivity (Wildman–Crippen MR) is 106 cm³/mol. The van der Waals surface area contributed by atoms with Gasteiger partial charge in [0, 0.05) is 17.2 Å². The zero-order chi connectivity index (χ0) is 20.8. The Bertz CT molecular complexity index is 1130. The number of benzene rings is 2. The Hall–Kier alpha value is -4.11. The van der Waals surface area contributed by atoms with Gasteiger partial charge >= 0.3 is 5.97 Å². The Morgan fingerprint density at radius 3 is 2.55 bits per heavy atom. The molecule has 1 aromatic heterocycles. The van der Waals surface area contributed by atoms with Crippen LogP contribution in [0.4, 0.5) is 0 Å². The minimum Gasteiger partial charge on any atom is -0.497 e. The maximum absolute atomic E-state index is 12.7. The number of ketones is 1. The van der Waals surface area contributed by atoms with Gasteiger partial charge in [-0.3, -0.25) is 4.79 Å². The largest absolute Gasteiger partial charge is 0.497 e. The molecule has 0 N–H and O–H groups in total. The highest BCUT2D eigenvalue weighted by Crippen LogP contribution is 2.27. The average Bonchev–Trinajstić information content (AvgIpc) is 3.25. The molecule has 0 amide bonds. The van der Waals surface area contributed by atoms with E-state index in [1.165, 1.54) is 20.3 Å². The number of carbonyl (C=O) groups is 2. The van der Waals surface area contributed by atoms with Crippen molar-refractivity contribution in [3.63, 3.8) is 0 Å². The quantitative estimate of drug-likeness (QED) is 0.267. The van der Waals surface area contributed by atoms with Crippen molar-refractivity contribution < 1.29 is 23.5 Å². The number of rotatable bonds is 6. The maximum atomic E-state index is 12.7. The van der Waals surface area contributed by atoms with Gasteiger partial charge in [-0.15, -0.1) is 0 Å². The molecule has 0 fully saturated rings. The van der Waals surface area contributed by atoms with Gasteiger partial charge in [-0.1, -0.05) is 30.3 Å². The fourth-order valence-electron chi connectivity index (χ4n) is 2.77. The normalized spacial score (nSPS) is 10.9. The molecule has 0 spiro atoms. The van der Waals surface area contributed by atoms with Gasteiger partial charge in [-0.05, 0) is 30.3 Å². The molecule has 0 radical (unpaired) electrons. The molecule has 0 unspecified atom stereocenters. The molecule has 0 bridgehead atoms. The number of esters is 1. The first-order valence-corrected chi connectivity index (χ1v) is 8.65. The van der Waals surface area contributed by atoms with E-state index in [1.54, 1.807) is 60.7 Å². The topological polar surface area (TPSA) is 89.5 Å². The Balaban J connectivity index is 1.94. The van der Waals surface area contributed by atoms with Crippen molar-refractivity contribution >= 4 is 17.8 Å². The summed E-state index contributed by atoms with van der Waals surface area (Å²) in [5.74, 6) is 0.322. The minimum absolute atomic E-state index is 0.0830. The molecular formula is C23H17NO5. The fourth-order valence-corrected chi connectivity index (χ4v) is 2.77. The standard InChI is InChI=1S/C23H17NO5/c1-27-17-7-5-6-15(12-17)22(25)16(14-24)13-18-10-11-21(29-18)19-8-3-4-9-20(19)23(26)28-2/h3-13H,1-2H3/b16-13+. The van der Waals surface area contributed by atoms with Gasteiger partial charge in [0.1, 0.15) is 28.9 Å². The Kier molecular flexibility index (Phi) is 5.91. The zero-order valence-corrected chi connectivity index (χ0v) is 15.8. The van der Waals surface area contributed by atoms with Gasteiger partial charge in [0.15, 0.2) is 0 Å². The summed E-state index contributed by atoms with van der Waals surface area (Å²) in [6, 6.07) is 18.6. The van der Waals surface area contributed by atoms with E-state index in [4.69, 9.17) is 13.9 Å². The Labute approximate surface area is 167 Å². The van der Waals surface area contributed by atoms with Crippen LogP contribution in [0, 0.1) is 11.3 Å². The second-order valence-corrected chi connectivity index (χ2v) is 5.97. The SMILES string of the molecule is COC(=O)c1ccccc1-c1ccc(/C=C(\C#N)C(=O)c2cccc(OC)c2)o1. The van der Waals surface area contributed by atoms with Crippen molar-refractivity contribution in [3.8, 4) is 23.1 Å². The summed E-state index contributed by atoms with van der Waals surface area (Å²) < 4.78 is 15.7. The lowest BCUT2D eigenvalue weighted by molar-refractivity contribution is 0.0601. The van der Waals surface area contributed by atoms with Crippen LogP contribution in [0.1, 0.15) is 26.5 Å². The number of furan rings is 1. The second-order valence-electron chi connectivity index (χ2n) is 5.97. The van der Waals surface area contributed by atoms with Crippen molar-refractivity contribution in [2.24, 2.45) is 0 Å². The lowest BCUT2D eigenvalue weighted by Gasteiger charge is -2.05. The van der Waals surface area contributed by atoms with E-state index in [1.807, 2.05) is 6.07 Å². The van der Waals surface area contributed by atoms with Crippen LogP contribution in [0.15, 0.2) is 70.7 Å². The third-order valence-corrected chi connectivity index (χ3v) is 4.21. The molecule has 0 atom stereocenters. The van der Waals surface area contributed by atoms with Crippen LogP contribution < -0.4 is 4.74 Å². The molecule has 3 rings (SSSR count). The Morgan fingerprint density at radius 1 is 1.03 bits per heavy atom. The average molecular weight is 387 g/mol. The fraction of sp³-hybridized carbons (Fsp3) is 0.0870. The van der Waals surface area contributed by atoms with Crippen molar-refractivity contribution in [2.45, 2.75) is 0 Å². The van der Waals surface area contributed by atoms with Gasteiger partial charge in [0.05, 0.1) is 19.8 Å². The van der Waals surface area contributed by atoms with Crippen LogP contribution in [-0.2, 0) is 4.74 Å². The first kappa shape index (κ1) is 19.6. The van der Waals surface area contributed by atoms with Crippen molar-refractivity contribution in [1.82, 2.24) is 0 Å². The molecule has 6 nitrogen and oxygen atoms in total. The highest BCUT2D eigenvalue weighted by atomic mass is 16.5. The van der Waals surface area contributed by atoms with E-state index in [2.05, 4.69) is 0 Å². The smallest absolute Gasteiger partial charge is 0.338 e. The number of Topliss-reactive ketones (excluding diaryl/α,β-unsaturated/α-hetero) is 1. The second kappa shape index (κ2) is 8.72. The molecule has 0 saturated carbocycles. The molecule has 29 heavy (non-hydrogen) atoms. The number of nitrogens with zero attached hydrogens (tertiary/aromatic N) is 1. The number of nitriles is 1. The summed E-state index contributed by atoms with van der Waals surface area (Å²) in [7, 11) is 2.81. The number of ether oxygens (including phenoxy) is 2. The monoisotopic (exact) mass is 387 g/mol. The minimum atomic E-state index is -0.486. The van der Waals surface area contributed by atoms with Gasteiger partial charge in [-0.2, -0.15) is 5.26 Å². The van der Waals surface area contributed by atoms with Crippen molar-refractivity contribution in [2.75, 3.05) is 14.2 Å². The first-order valence-electron chi connectivity index (χ1n) is 8.65. The number of methoxy groups -OCH3 is 2. The molecule has 0 aliphatic heterocycles. The lowest BCUT2D eigenvalue weighted by atomic mass is 10.0. The molecule has 0 aliphatic rings.